The lowest BCUT2D eigenvalue weighted by Gasteiger charge is -2.20. The van der Waals surface area contributed by atoms with E-state index in [2.05, 4.69) is 4.98 Å². The van der Waals surface area contributed by atoms with Crippen molar-refractivity contribution in [3.63, 3.8) is 0 Å². The van der Waals surface area contributed by atoms with Crippen molar-refractivity contribution in [3.05, 3.63) is 30.1 Å². The van der Waals surface area contributed by atoms with Gasteiger partial charge in [0.05, 0.1) is 0 Å². The van der Waals surface area contributed by atoms with Gasteiger partial charge in [-0.05, 0) is 24.6 Å². The van der Waals surface area contributed by atoms with Gasteiger partial charge in [0.15, 0.2) is 0 Å². The highest BCUT2D eigenvalue weighted by molar-refractivity contribution is 6.18. The number of alkyl halides is 1. The molecule has 0 fully saturated rings. The second kappa shape index (κ2) is 6.40. The van der Waals surface area contributed by atoms with Gasteiger partial charge in [-0.15, -0.1) is 11.6 Å². The number of aromatic nitrogens is 1. The average molecular weight is 227 g/mol. The van der Waals surface area contributed by atoms with Crippen molar-refractivity contribution >= 4 is 17.5 Å². The molecular formula is C11H15ClN2O. The fraction of sp³-hybridized carbons (Fsp3) is 0.455. The molecule has 1 rings (SSSR count). The summed E-state index contributed by atoms with van der Waals surface area (Å²) in [5.74, 6) is 0.482. The van der Waals surface area contributed by atoms with Crippen molar-refractivity contribution in [2.75, 3.05) is 12.4 Å². The molecule has 3 nitrogen and oxygen atoms in total. The Balaban J connectivity index is 2.58. The quantitative estimate of drug-likeness (QED) is 0.721. The van der Waals surface area contributed by atoms with Crippen LogP contribution in [0.1, 0.15) is 18.9 Å². The molecule has 0 saturated heterocycles. The number of pyridine rings is 1. The van der Waals surface area contributed by atoms with Gasteiger partial charge in [0.25, 0.3) is 0 Å². The lowest BCUT2D eigenvalue weighted by molar-refractivity contribution is -0.131. The first-order valence-corrected chi connectivity index (χ1v) is 5.54. The summed E-state index contributed by atoms with van der Waals surface area (Å²) in [6.07, 6.45) is 3.87. The number of hydrogen-bond acceptors (Lipinski definition) is 2. The minimum absolute atomic E-state index is 0.101. The highest BCUT2D eigenvalue weighted by Crippen LogP contribution is 2.05. The maximum absolute atomic E-state index is 11.6. The lowest BCUT2D eigenvalue weighted by Crippen LogP contribution is -2.30. The van der Waals surface area contributed by atoms with E-state index in [9.17, 15) is 4.79 Å². The van der Waals surface area contributed by atoms with Crippen molar-refractivity contribution < 1.29 is 4.79 Å². The van der Waals surface area contributed by atoms with Crippen LogP contribution < -0.4 is 0 Å². The number of hydrogen-bond donors (Lipinski definition) is 0. The average Bonchev–Trinajstić information content (AvgIpc) is 2.27. The highest BCUT2D eigenvalue weighted by atomic mass is 35.5. The summed E-state index contributed by atoms with van der Waals surface area (Å²) in [5.41, 5.74) is 1.09. The Morgan fingerprint density at radius 3 is 2.67 bits per heavy atom. The number of halogens is 1. The molecule has 0 atom stereocenters. The normalized spacial score (nSPS) is 10.0. The summed E-state index contributed by atoms with van der Waals surface area (Å²) >= 11 is 5.54. The molecule has 0 unspecified atom stereocenters. The summed E-state index contributed by atoms with van der Waals surface area (Å²) in [5, 5.41) is 0. The van der Waals surface area contributed by atoms with Gasteiger partial charge in [-0.1, -0.05) is 0 Å². The van der Waals surface area contributed by atoms with Crippen LogP contribution in [0, 0.1) is 0 Å². The number of carbonyl (C=O) groups is 1. The molecule has 0 saturated carbocycles. The fourth-order valence-electron chi connectivity index (χ4n) is 1.32. The third-order valence-electron chi connectivity index (χ3n) is 2.17. The van der Waals surface area contributed by atoms with Gasteiger partial charge in [0.1, 0.15) is 0 Å². The first-order valence-electron chi connectivity index (χ1n) is 5.00. The second-order valence-corrected chi connectivity index (χ2v) is 3.58. The van der Waals surface area contributed by atoms with E-state index in [0.29, 0.717) is 25.4 Å². The fourth-order valence-corrected chi connectivity index (χ4v) is 1.49. The third-order valence-corrected chi connectivity index (χ3v) is 2.35. The molecule has 82 valence electrons. The predicted molar refractivity (Wildman–Crippen MR) is 60.7 cm³/mol. The zero-order valence-corrected chi connectivity index (χ0v) is 9.57. The zero-order chi connectivity index (χ0) is 11.1. The predicted octanol–water partition coefficient (Wildman–Crippen LogP) is 2.06. The van der Waals surface area contributed by atoms with E-state index in [1.54, 1.807) is 17.3 Å². The van der Waals surface area contributed by atoms with Crippen LogP contribution in [-0.2, 0) is 11.3 Å². The molecule has 15 heavy (non-hydrogen) atoms. The molecule has 0 aromatic carbocycles. The van der Waals surface area contributed by atoms with Gasteiger partial charge in [-0.3, -0.25) is 9.78 Å². The van der Waals surface area contributed by atoms with Gasteiger partial charge in [-0.2, -0.15) is 0 Å². The molecule has 0 bridgehead atoms. The van der Waals surface area contributed by atoms with Crippen molar-refractivity contribution in [1.82, 2.24) is 9.88 Å². The molecule has 0 aliphatic carbocycles. The van der Waals surface area contributed by atoms with E-state index in [1.165, 1.54) is 0 Å². The first kappa shape index (κ1) is 12.0. The van der Waals surface area contributed by atoms with Crippen molar-refractivity contribution in [1.29, 1.82) is 0 Å². The second-order valence-electron chi connectivity index (χ2n) is 3.20. The minimum Gasteiger partial charge on any atom is -0.339 e. The molecule has 1 heterocycles. The van der Waals surface area contributed by atoms with E-state index >= 15 is 0 Å². The SMILES string of the molecule is CCN(Cc1ccncc1)C(=O)CCCl. The molecular weight excluding hydrogens is 212 g/mol. The summed E-state index contributed by atoms with van der Waals surface area (Å²) < 4.78 is 0. The Labute approximate surface area is 95.1 Å². The van der Waals surface area contributed by atoms with Crippen LogP contribution in [-0.4, -0.2) is 28.2 Å². The summed E-state index contributed by atoms with van der Waals surface area (Å²) in [4.78, 5) is 17.3. The van der Waals surface area contributed by atoms with Crippen molar-refractivity contribution in [3.8, 4) is 0 Å². The number of amides is 1. The van der Waals surface area contributed by atoms with Gasteiger partial charge < -0.3 is 4.90 Å². The van der Waals surface area contributed by atoms with Crippen LogP contribution in [0.15, 0.2) is 24.5 Å². The van der Waals surface area contributed by atoms with Crippen LogP contribution >= 0.6 is 11.6 Å². The lowest BCUT2D eigenvalue weighted by atomic mass is 10.2. The Hall–Kier alpha value is -1.09. The Bertz CT molecular complexity index is 303. The van der Waals surface area contributed by atoms with Gasteiger partial charge in [-0.25, -0.2) is 0 Å². The number of carbonyl (C=O) groups excluding carboxylic acids is 1. The Kier molecular flexibility index (Phi) is 5.12. The third kappa shape index (κ3) is 3.88. The molecule has 0 radical (unpaired) electrons. The monoisotopic (exact) mass is 226 g/mol. The van der Waals surface area contributed by atoms with Crippen LogP contribution in [0.4, 0.5) is 0 Å². The van der Waals surface area contributed by atoms with Crippen LogP contribution in [0.25, 0.3) is 0 Å². The zero-order valence-electron chi connectivity index (χ0n) is 8.82. The summed E-state index contributed by atoms with van der Waals surface area (Å²) in [7, 11) is 0. The number of nitrogens with zero attached hydrogens (tertiary/aromatic N) is 2. The van der Waals surface area contributed by atoms with E-state index in [4.69, 9.17) is 11.6 Å². The van der Waals surface area contributed by atoms with Crippen LogP contribution in [0.5, 0.6) is 0 Å². The summed E-state index contributed by atoms with van der Waals surface area (Å²) in [6.45, 7) is 3.31. The smallest absolute Gasteiger partial charge is 0.224 e. The van der Waals surface area contributed by atoms with Crippen LogP contribution in [0.3, 0.4) is 0 Å². The van der Waals surface area contributed by atoms with E-state index in [-0.39, 0.29) is 5.91 Å². The standard InChI is InChI=1S/C11H15ClN2O/c1-2-14(11(15)3-6-12)9-10-4-7-13-8-5-10/h4-5,7-8H,2-3,6,9H2,1H3. The van der Waals surface area contributed by atoms with Gasteiger partial charge in [0.2, 0.25) is 5.91 Å². The molecule has 1 amide bonds. The molecule has 1 aromatic heterocycles. The summed E-state index contributed by atoms with van der Waals surface area (Å²) in [6, 6.07) is 3.83. The molecule has 0 aliphatic rings. The molecule has 4 heteroatoms. The maximum atomic E-state index is 11.6. The maximum Gasteiger partial charge on any atom is 0.224 e. The topological polar surface area (TPSA) is 33.2 Å². The minimum atomic E-state index is 0.101. The van der Waals surface area contributed by atoms with E-state index in [0.717, 1.165) is 5.56 Å². The van der Waals surface area contributed by atoms with Crippen LogP contribution in [0.2, 0.25) is 0 Å². The van der Waals surface area contributed by atoms with Crippen molar-refractivity contribution in [2.24, 2.45) is 0 Å². The highest BCUT2D eigenvalue weighted by Gasteiger charge is 2.10. The Morgan fingerprint density at radius 1 is 1.47 bits per heavy atom. The van der Waals surface area contributed by atoms with Gasteiger partial charge >= 0.3 is 0 Å². The molecule has 0 spiro atoms. The Morgan fingerprint density at radius 2 is 2.13 bits per heavy atom. The number of rotatable bonds is 5. The van der Waals surface area contributed by atoms with E-state index < -0.39 is 0 Å². The van der Waals surface area contributed by atoms with Crippen molar-refractivity contribution in [2.45, 2.75) is 19.9 Å². The largest absolute Gasteiger partial charge is 0.339 e. The van der Waals surface area contributed by atoms with Gasteiger partial charge in [0, 0.05) is 37.8 Å². The molecule has 0 N–H and O–H groups in total. The van der Waals surface area contributed by atoms with E-state index in [1.807, 2.05) is 19.1 Å². The molecule has 1 aromatic rings. The molecule has 0 aliphatic heterocycles. The first-order chi connectivity index (χ1) is 7.27.